The minimum absolute atomic E-state index is 0.0332. The Morgan fingerprint density at radius 1 is 1.18 bits per heavy atom. The molecule has 3 aromatic heterocycles. The van der Waals surface area contributed by atoms with E-state index in [4.69, 9.17) is 9.26 Å². The Morgan fingerprint density at radius 3 is 2.82 bits per heavy atom. The van der Waals surface area contributed by atoms with Crippen LogP contribution in [-0.2, 0) is 24.4 Å². The molecule has 34 heavy (non-hydrogen) atoms. The summed E-state index contributed by atoms with van der Waals surface area (Å²) in [6, 6.07) is 15.0. The Kier molecular flexibility index (Phi) is 5.54. The molecule has 1 amide bonds. The number of hydrogen-bond acceptors (Lipinski definition) is 7. The molecule has 5 aromatic rings. The lowest BCUT2D eigenvalue weighted by Crippen LogP contribution is -2.29. The number of para-hydroxylation sites is 1. The number of hydrogen-bond donors (Lipinski definition) is 1. The van der Waals surface area contributed by atoms with Crippen LogP contribution in [0, 0.1) is 6.92 Å². The first kappa shape index (κ1) is 21.4. The van der Waals surface area contributed by atoms with Crippen LogP contribution in [0.15, 0.2) is 64.2 Å². The van der Waals surface area contributed by atoms with Crippen molar-refractivity contribution < 1.29 is 14.1 Å². The zero-order valence-corrected chi connectivity index (χ0v) is 18.7. The molecule has 0 aliphatic heterocycles. The molecule has 5 rings (SSSR count). The molecule has 0 spiro atoms. The number of rotatable bonds is 7. The Labute approximate surface area is 193 Å². The summed E-state index contributed by atoms with van der Waals surface area (Å²) in [5.74, 6) is 1.28. The van der Waals surface area contributed by atoms with E-state index in [-0.39, 0.29) is 24.6 Å². The van der Waals surface area contributed by atoms with Crippen LogP contribution in [0.25, 0.3) is 21.9 Å². The molecule has 1 N–H and O–H groups in total. The van der Waals surface area contributed by atoms with Crippen molar-refractivity contribution in [3.05, 3.63) is 82.5 Å². The van der Waals surface area contributed by atoms with Crippen molar-refractivity contribution in [1.29, 1.82) is 0 Å². The zero-order chi connectivity index (χ0) is 23.7. The topological polar surface area (TPSA) is 117 Å². The monoisotopic (exact) mass is 458 g/mol. The Bertz CT molecular complexity index is 1570. The SMILES string of the molecule is COc1cccc(CNC(=O)Cn2c3ccccc3c3ncn(Cc4nc(C)no4)c(=O)c32)c1. The van der Waals surface area contributed by atoms with E-state index in [1.165, 1.54) is 10.9 Å². The van der Waals surface area contributed by atoms with Gasteiger partial charge in [0.25, 0.3) is 5.56 Å². The molecule has 0 saturated carbocycles. The molecule has 10 nitrogen and oxygen atoms in total. The maximum Gasteiger partial charge on any atom is 0.278 e. The lowest BCUT2D eigenvalue weighted by molar-refractivity contribution is -0.121. The number of ether oxygens (including phenoxy) is 1. The molecular formula is C24H22N6O4. The van der Waals surface area contributed by atoms with Gasteiger partial charge in [0.2, 0.25) is 11.8 Å². The summed E-state index contributed by atoms with van der Waals surface area (Å²) in [6.07, 6.45) is 1.46. The van der Waals surface area contributed by atoms with Gasteiger partial charge >= 0.3 is 0 Å². The van der Waals surface area contributed by atoms with Crippen molar-refractivity contribution >= 4 is 27.8 Å². The van der Waals surface area contributed by atoms with Crippen molar-refractivity contribution in [2.24, 2.45) is 0 Å². The van der Waals surface area contributed by atoms with E-state index in [2.05, 4.69) is 20.4 Å². The van der Waals surface area contributed by atoms with Gasteiger partial charge in [0.15, 0.2) is 5.82 Å². The number of carbonyl (C=O) groups excluding carboxylic acids is 1. The van der Waals surface area contributed by atoms with E-state index in [9.17, 15) is 9.59 Å². The molecule has 0 fully saturated rings. The number of carbonyl (C=O) groups is 1. The molecule has 0 aliphatic rings. The number of nitrogens with zero attached hydrogens (tertiary/aromatic N) is 5. The van der Waals surface area contributed by atoms with E-state index in [0.29, 0.717) is 29.3 Å². The first-order valence-electron chi connectivity index (χ1n) is 10.7. The van der Waals surface area contributed by atoms with Gasteiger partial charge in [-0.3, -0.25) is 14.2 Å². The van der Waals surface area contributed by atoms with Crippen LogP contribution in [-0.4, -0.2) is 37.3 Å². The van der Waals surface area contributed by atoms with Crippen LogP contribution >= 0.6 is 0 Å². The van der Waals surface area contributed by atoms with Gasteiger partial charge in [-0.15, -0.1) is 0 Å². The fourth-order valence-corrected chi connectivity index (χ4v) is 3.96. The second-order valence-electron chi connectivity index (χ2n) is 7.84. The molecular weight excluding hydrogens is 436 g/mol. The molecule has 3 heterocycles. The molecule has 172 valence electrons. The third-order valence-corrected chi connectivity index (χ3v) is 5.53. The van der Waals surface area contributed by atoms with E-state index in [1.54, 1.807) is 18.6 Å². The van der Waals surface area contributed by atoms with E-state index >= 15 is 0 Å². The third-order valence-electron chi connectivity index (χ3n) is 5.53. The van der Waals surface area contributed by atoms with Crippen molar-refractivity contribution in [2.45, 2.75) is 26.6 Å². The summed E-state index contributed by atoms with van der Waals surface area (Å²) in [7, 11) is 1.60. The van der Waals surface area contributed by atoms with E-state index in [0.717, 1.165) is 22.2 Å². The van der Waals surface area contributed by atoms with Gasteiger partial charge in [-0.25, -0.2) is 4.98 Å². The summed E-state index contributed by atoms with van der Waals surface area (Å²) < 4.78 is 13.5. The van der Waals surface area contributed by atoms with Crippen molar-refractivity contribution in [3.63, 3.8) is 0 Å². The highest BCUT2D eigenvalue weighted by Gasteiger charge is 2.19. The highest BCUT2D eigenvalue weighted by molar-refractivity contribution is 6.06. The van der Waals surface area contributed by atoms with Crippen LogP contribution in [0.1, 0.15) is 17.3 Å². The van der Waals surface area contributed by atoms with Crippen LogP contribution < -0.4 is 15.6 Å². The number of methoxy groups -OCH3 is 1. The number of fused-ring (bicyclic) bond motifs is 3. The van der Waals surface area contributed by atoms with E-state index < -0.39 is 0 Å². The van der Waals surface area contributed by atoms with Crippen LogP contribution in [0.2, 0.25) is 0 Å². The number of aromatic nitrogens is 5. The van der Waals surface area contributed by atoms with Crippen molar-refractivity contribution in [1.82, 2.24) is 29.6 Å². The standard InChI is InChI=1S/C24H22N6O4/c1-15-27-21(34-28-15)13-29-14-26-22-18-8-3-4-9-19(18)30(23(22)24(29)32)12-20(31)25-11-16-6-5-7-17(10-16)33-2/h3-10,14H,11-13H2,1-2H3,(H,25,31). The number of aryl methyl sites for hydroxylation is 1. The highest BCUT2D eigenvalue weighted by atomic mass is 16.5. The minimum atomic E-state index is -0.294. The number of amides is 1. The van der Waals surface area contributed by atoms with Gasteiger partial charge in [0, 0.05) is 11.9 Å². The molecule has 0 radical (unpaired) electrons. The summed E-state index contributed by atoms with van der Waals surface area (Å²) >= 11 is 0. The number of nitrogens with one attached hydrogen (secondary N) is 1. The fourth-order valence-electron chi connectivity index (χ4n) is 3.96. The fraction of sp³-hybridized carbons (Fsp3) is 0.208. The van der Waals surface area contributed by atoms with Gasteiger partial charge < -0.3 is 19.1 Å². The second kappa shape index (κ2) is 8.81. The Morgan fingerprint density at radius 2 is 2.03 bits per heavy atom. The summed E-state index contributed by atoms with van der Waals surface area (Å²) in [5.41, 5.74) is 2.26. The average Bonchev–Trinajstić information content (AvgIpc) is 3.41. The lowest BCUT2D eigenvalue weighted by Gasteiger charge is -2.10. The van der Waals surface area contributed by atoms with Crippen molar-refractivity contribution in [2.75, 3.05) is 7.11 Å². The Hall–Kier alpha value is -4.47. The third kappa shape index (κ3) is 4.01. The summed E-state index contributed by atoms with van der Waals surface area (Å²) in [5, 5.41) is 7.48. The Balaban J connectivity index is 1.48. The first-order valence-corrected chi connectivity index (χ1v) is 10.7. The van der Waals surface area contributed by atoms with Crippen molar-refractivity contribution in [3.8, 4) is 5.75 Å². The molecule has 0 unspecified atom stereocenters. The highest BCUT2D eigenvalue weighted by Crippen LogP contribution is 2.25. The summed E-state index contributed by atoms with van der Waals surface area (Å²) in [6.45, 7) is 2.10. The van der Waals surface area contributed by atoms with Crippen LogP contribution in [0.5, 0.6) is 5.75 Å². The lowest BCUT2D eigenvalue weighted by atomic mass is 10.2. The van der Waals surface area contributed by atoms with Crippen LogP contribution in [0.3, 0.4) is 0 Å². The quantitative estimate of drug-likeness (QED) is 0.398. The van der Waals surface area contributed by atoms with Gasteiger partial charge in [0.05, 0.1) is 19.0 Å². The predicted molar refractivity (Wildman–Crippen MR) is 124 cm³/mol. The van der Waals surface area contributed by atoms with E-state index in [1.807, 2.05) is 48.5 Å². The van der Waals surface area contributed by atoms with Gasteiger partial charge in [0.1, 0.15) is 29.9 Å². The number of benzene rings is 2. The predicted octanol–water partition coefficient (Wildman–Crippen LogP) is 2.42. The smallest absolute Gasteiger partial charge is 0.278 e. The minimum Gasteiger partial charge on any atom is -0.497 e. The molecule has 0 saturated heterocycles. The summed E-state index contributed by atoms with van der Waals surface area (Å²) in [4.78, 5) is 35.0. The average molecular weight is 458 g/mol. The van der Waals surface area contributed by atoms with Gasteiger partial charge in [-0.2, -0.15) is 4.98 Å². The maximum atomic E-state index is 13.4. The second-order valence-corrected chi connectivity index (χ2v) is 7.84. The molecule has 0 bridgehead atoms. The normalized spacial score (nSPS) is 11.2. The maximum absolute atomic E-state index is 13.4. The molecule has 0 atom stereocenters. The largest absolute Gasteiger partial charge is 0.497 e. The molecule has 0 aliphatic carbocycles. The first-order chi connectivity index (χ1) is 16.5. The van der Waals surface area contributed by atoms with Crippen LogP contribution in [0.4, 0.5) is 0 Å². The van der Waals surface area contributed by atoms with Gasteiger partial charge in [-0.1, -0.05) is 35.5 Å². The molecule has 10 heteroatoms. The molecule has 2 aromatic carbocycles. The zero-order valence-electron chi connectivity index (χ0n) is 18.7. The van der Waals surface area contributed by atoms with Gasteiger partial charge in [-0.05, 0) is 30.7 Å².